The average molecular weight is 244 g/mol. The molecule has 0 saturated heterocycles. The number of amides is 1. The molecule has 3 rings (SSSR count). The van der Waals surface area contributed by atoms with Crippen LogP contribution in [0.15, 0.2) is 24.3 Å². The van der Waals surface area contributed by atoms with Gasteiger partial charge in [-0.3, -0.25) is 4.79 Å². The van der Waals surface area contributed by atoms with E-state index in [-0.39, 0.29) is 11.3 Å². The average Bonchev–Trinajstić information content (AvgIpc) is 3.24. The van der Waals surface area contributed by atoms with E-state index in [1.807, 2.05) is 24.3 Å². The summed E-state index contributed by atoms with van der Waals surface area (Å²) < 4.78 is 0. The van der Waals surface area contributed by atoms with Crippen LogP contribution in [0.2, 0.25) is 0 Å². The maximum Gasteiger partial charge on any atom is 0.230 e. The lowest BCUT2D eigenvalue weighted by Crippen LogP contribution is -2.36. The summed E-state index contributed by atoms with van der Waals surface area (Å²) in [5.74, 6) is 0.921. The molecule has 0 spiro atoms. The fraction of sp³-hybridized carbons (Fsp3) is 0.533. The third-order valence-electron chi connectivity index (χ3n) is 4.41. The maximum absolute atomic E-state index is 12.4. The number of nitrogens with two attached hydrogens (primary N) is 1. The minimum absolute atomic E-state index is 0.216. The summed E-state index contributed by atoms with van der Waals surface area (Å²) in [4.78, 5) is 12.4. The summed E-state index contributed by atoms with van der Waals surface area (Å²) in [7, 11) is 0. The Morgan fingerprint density at radius 2 is 2.06 bits per heavy atom. The molecule has 3 nitrogen and oxygen atoms in total. The van der Waals surface area contributed by atoms with Crippen molar-refractivity contribution >= 4 is 11.6 Å². The van der Waals surface area contributed by atoms with Crippen molar-refractivity contribution in [2.75, 3.05) is 5.73 Å². The van der Waals surface area contributed by atoms with Crippen LogP contribution < -0.4 is 11.1 Å². The number of rotatable bonds is 4. The van der Waals surface area contributed by atoms with E-state index >= 15 is 0 Å². The van der Waals surface area contributed by atoms with Gasteiger partial charge in [0.15, 0.2) is 0 Å². The van der Waals surface area contributed by atoms with Crippen LogP contribution in [-0.2, 0) is 10.2 Å². The van der Waals surface area contributed by atoms with Crippen LogP contribution in [0.5, 0.6) is 0 Å². The van der Waals surface area contributed by atoms with Crippen molar-refractivity contribution in [1.29, 1.82) is 0 Å². The molecule has 2 aliphatic rings. The number of hydrogen-bond donors (Lipinski definition) is 2. The molecule has 0 aliphatic heterocycles. The molecule has 3 N–H and O–H groups in total. The van der Waals surface area contributed by atoms with E-state index in [1.165, 1.54) is 6.42 Å². The minimum atomic E-state index is -0.255. The van der Waals surface area contributed by atoms with Crippen LogP contribution in [0.3, 0.4) is 0 Å². The van der Waals surface area contributed by atoms with Crippen molar-refractivity contribution in [3.63, 3.8) is 0 Å². The largest absolute Gasteiger partial charge is 0.399 e. The summed E-state index contributed by atoms with van der Waals surface area (Å²) in [6, 6.07) is 8.18. The van der Waals surface area contributed by atoms with E-state index in [0.29, 0.717) is 12.0 Å². The molecule has 2 saturated carbocycles. The number of anilines is 1. The molecular weight excluding hydrogens is 224 g/mol. The molecule has 1 aromatic carbocycles. The SMILES string of the molecule is CCC1CC1NC(=O)C1(c2ccc(N)cc2)CC1. The van der Waals surface area contributed by atoms with Crippen molar-refractivity contribution in [2.24, 2.45) is 5.92 Å². The van der Waals surface area contributed by atoms with Crippen LogP contribution in [0.4, 0.5) is 5.69 Å². The number of hydrogen-bond acceptors (Lipinski definition) is 2. The minimum Gasteiger partial charge on any atom is -0.399 e. The van der Waals surface area contributed by atoms with Gasteiger partial charge in [0, 0.05) is 11.7 Å². The number of nitrogen functional groups attached to an aromatic ring is 1. The van der Waals surface area contributed by atoms with Crippen molar-refractivity contribution in [3.8, 4) is 0 Å². The normalized spacial score (nSPS) is 27.6. The fourth-order valence-electron chi connectivity index (χ4n) is 2.76. The Morgan fingerprint density at radius 3 is 2.56 bits per heavy atom. The van der Waals surface area contributed by atoms with E-state index in [4.69, 9.17) is 5.73 Å². The zero-order chi connectivity index (χ0) is 12.8. The molecule has 3 heteroatoms. The molecule has 0 bridgehead atoms. The Labute approximate surface area is 108 Å². The fourth-order valence-corrected chi connectivity index (χ4v) is 2.76. The highest BCUT2D eigenvalue weighted by Gasteiger charge is 2.53. The lowest BCUT2D eigenvalue weighted by atomic mass is 9.94. The Morgan fingerprint density at radius 1 is 1.39 bits per heavy atom. The van der Waals surface area contributed by atoms with E-state index < -0.39 is 0 Å². The summed E-state index contributed by atoms with van der Waals surface area (Å²) in [6.07, 6.45) is 4.25. The monoisotopic (exact) mass is 244 g/mol. The van der Waals surface area contributed by atoms with E-state index in [0.717, 1.165) is 30.5 Å². The molecule has 96 valence electrons. The van der Waals surface area contributed by atoms with Gasteiger partial charge in [-0.2, -0.15) is 0 Å². The van der Waals surface area contributed by atoms with Gasteiger partial charge in [0.2, 0.25) is 5.91 Å². The van der Waals surface area contributed by atoms with E-state index in [9.17, 15) is 4.79 Å². The first-order valence-electron chi connectivity index (χ1n) is 6.83. The second-order valence-corrected chi connectivity index (χ2v) is 5.69. The van der Waals surface area contributed by atoms with Gasteiger partial charge in [0.05, 0.1) is 5.41 Å². The molecule has 2 unspecified atom stereocenters. The molecule has 2 aliphatic carbocycles. The van der Waals surface area contributed by atoms with Gasteiger partial charge in [-0.15, -0.1) is 0 Å². The Hall–Kier alpha value is -1.51. The van der Waals surface area contributed by atoms with Gasteiger partial charge in [0.1, 0.15) is 0 Å². The van der Waals surface area contributed by atoms with Crippen molar-refractivity contribution in [3.05, 3.63) is 29.8 Å². The second kappa shape index (κ2) is 4.01. The number of carbonyl (C=O) groups is 1. The Balaban J connectivity index is 1.71. The Bertz CT molecular complexity index is 462. The quantitative estimate of drug-likeness (QED) is 0.798. The predicted octanol–water partition coefficient (Wildman–Crippen LogP) is 2.22. The third kappa shape index (κ3) is 1.88. The lowest BCUT2D eigenvalue weighted by Gasteiger charge is -2.16. The second-order valence-electron chi connectivity index (χ2n) is 5.69. The van der Waals surface area contributed by atoms with Crippen LogP contribution >= 0.6 is 0 Å². The number of carbonyl (C=O) groups excluding carboxylic acids is 1. The van der Waals surface area contributed by atoms with Gasteiger partial charge in [-0.25, -0.2) is 0 Å². The molecule has 0 radical (unpaired) electrons. The van der Waals surface area contributed by atoms with Gasteiger partial charge in [-0.1, -0.05) is 25.5 Å². The molecule has 1 amide bonds. The highest BCUT2D eigenvalue weighted by atomic mass is 16.2. The molecule has 2 atom stereocenters. The van der Waals surface area contributed by atoms with E-state index in [2.05, 4.69) is 12.2 Å². The van der Waals surface area contributed by atoms with Crippen molar-refractivity contribution in [2.45, 2.75) is 44.1 Å². The van der Waals surface area contributed by atoms with Gasteiger partial charge < -0.3 is 11.1 Å². The van der Waals surface area contributed by atoms with Gasteiger partial charge >= 0.3 is 0 Å². The van der Waals surface area contributed by atoms with Gasteiger partial charge in [0.25, 0.3) is 0 Å². The molecule has 1 aromatic rings. The summed E-state index contributed by atoms with van der Waals surface area (Å²) in [5.41, 5.74) is 7.30. The highest BCUT2D eigenvalue weighted by Crippen LogP contribution is 2.49. The Kier molecular flexibility index (Phi) is 2.58. The first-order chi connectivity index (χ1) is 8.65. The molecule has 18 heavy (non-hydrogen) atoms. The van der Waals surface area contributed by atoms with Crippen LogP contribution in [0.25, 0.3) is 0 Å². The van der Waals surface area contributed by atoms with Crippen LogP contribution in [0.1, 0.15) is 38.2 Å². The van der Waals surface area contributed by atoms with E-state index in [1.54, 1.807) is 0 Å². The zero-order valence-corrected chi connectivity index (χ0v) is 10.8. The lowest BCUT2D eigenvalue weighted by molar-refractivity contribution is -0.123. The smallest absolute Gasteiger partial charge is 0.230 e. The zero-order valence-electron chi connectivity index (χ0n) is 10.8. The van der Waals surface area contributed by atoms with Crippen molar-refractivity contribution in [1.82, 2.24) is 5.32 Å². The standard InChI is InChI=1S/C15H20N2O/c1-2-10-9-13(10)17-14(18)15(7-8-15)11-3-5-12(16)6-4-11/h3-6,10,13H,2,7-9,16H2,1H3,(H,17,18). The summed E-state index contributed by atoms with van der Waals surface area (Å²) in [5, 5.41) is 3.20. The molecular formula is C15H20N2O. The summed E-state index contributed by atoms with van der Waals surface area (Å²) >= 11 is 0. The number of nitrogens with one attached hydrogen (secondary N) is 1. The molecule has 0 heterocycles. The predicted molar refractivity (Wildman–Crippen MR) is 72.1 cm³/mol. The first-order valence-corrected chi connectivity index (χ1v) is 6.83. The molecule has 2 fully saturated rings. The number of benzene rings is 1. The van der Waals surface area contributed by atoms with Gasteiger partial charge in [-0.05, 0) is 42.9 Å². The van der Waals surface area contributed by atoms with Crippen LogP contribution in [0, 0.1) is 5.92 Å². The molecule has 0 aromatic heterocycles. The topological polar surface area (TPSA) is 55.1 Å². The summed E-state index contributed by atoms with van der Waals surface area (Å²) in [6.45, 7) is 2.18. The third-order valence-corrected chi connectivity index (χ3v) is 4.41. The van der Waals surface area contributed by atoms with Crippen LogP contribution in [-0.4, -0.2) is 11.9 Å². The highest BCUT2D eigenvalue weighted by molar-refractivity contribution is 5.91. The maximum atomic E-state index is 12.4. The van der Waals surface area contributed by atoms with Crippen molar-refractivity contribution < 1.29 is 4.79 Å². The first kappa shape index (κ1) is 11.6.